The van der Waals surface area contributed by atoms with E-state index in [1.165, 1.54) is 5.56 Å². The van der Waals surface area contributed by atoms with E-state index in [-0.39, 0.29) is 17.2 Å². The largest absolute Gasteiger partial charge is 0.493 e. The Morgan fingerprint density at radius 2 is 1.42 bits per heavy atom. The molecule has 6 nitrogen and oxygen atoms in total. The zero-order chi connectivity index (χ0) is 22.6. The topological polar surface area (TPSA) is 59.1 Å². The van der Waals surface area contributed by atoms with Crippen molar-refractivity contribution in [3.8, 4) is 11.5 Å². The quantitative estimate of drug-likeness (QED) is 0.737. The molecule has 1 fully saturated rings. The van der Waals surface area contributed by atoms with Gasteiger partial charge in [-0.05, 0) is 40.8 Å². The van der Waals surface area contributed by atoms with Crippen LogP contribution < -0.4 is 9.47 Å². The molecule has 2 amide bonds. The first-order valence-electron chi connectivity index (χ1n) is 10.6. The van der Waals surface area contributed by atoms with Crippen LogP contribution in [0.4, 0.5) is 0 Å². The summed E-state index contributed by atoms with van der Waals surface area (Å²) in [5, 5.41) is 0. The molecule has 0 bridgehead atoms. The lowest BCUT2D eigenvalue weighted by molar-refractivity contribution is -0.131. The summed E-state index contributed by atoms with van der Waals surface area (Å²) in [6, 6.07) is 13.4. The fourth-order valence-electron chi connectivity index (χ4n) is 3.73. The number of carbonyl (C=O) groups excluding carboxylic acids is 2. The maximum absolute atomic E-state index is 12.9. The van der Waals surface area contributed by atoms with Crippen LogP contribution in [-0.2, 0) is 16.6 Å². The van der Waals surface area contributed by atoms with Crippen LogP contribution in [0.2, 0.25) is 0 Å². The lowest BCUT2D eigenvalue weighted by Gasteiger charge is -2.35. The number of amides is 2. The van der Waals surface area contributed by atoms with Gasteiger partial charge >= 0.3 is 0 Å². The number of nitrogens with zero attached hydrogens (tertiary/aromatic N) is 2. The average Bonchev–Trinajstić information content (AvgIpc) is 2.78. The van der Waals surface area contributed by atoms with Crippen molar-refractivity contribution >= 4 is 11.8 Å². The number of ether oxygens (including phenoxy) is 2. The van der Waals surface area contributed by atoms with E-state index in [1.54, 1.807) is 14.2 Å². The molecule has 2 aromatic carbocycles. The molecular formula is C25H32N2O4. The summed E-state index contributed by atoms with van der Waals surface area (Å²) >= 11 is 0. The fourth-order valence-corrected chi connectivity index (χ4v) is 3.73. The summed E-state index contributed by atoms with van der Waals surface area (Å²) in [5.41, 5.74) is 2.83. The standard InChI is InChI=1S/C25H32N2O4/c1-25(2,3)20-9-7-19(8-10-20)24(29)27-14-12-26(13-15-27)23(28)17-18-6-11-21(30-4)22(16-18)31-5/h6-11,16H,12-15,17H2,1-5H3. The predicted octanol–water partition coefficient (Wildman–Crippen LogP) is 3.53. The first-order chi connectivity index (χ1) is 14.7. The highest BCUT2D eigenvalue weighted by Gasteiger charge is 2.25. The van der Waals surface area contributed by atoms with Crippen LogP contribution in [0.1, 0.15) is 42.3 Å². The minimum atomic E-state index is 0.0208. The van der Waals surface area contributed by atoms with Crippen molar-refractivity contribution in [3.63, 3.8) is 0 Å². The van der Waals surface area contributed by atoms with E-state index < -0.39 is 0 Å². The molecule has 0 radical (unpaired) electrons. The van der Waals surface area contributed by atoms with Crippen molar-refractivity contribution < 1.29 is 19.1 Å². The van der Waals surface area contributed by atoms with Gasteiger partial charge in [-0.25, -0.2) is 0 Å². The van der Waals surface area contributed by atoms with Crippen LogP contribution >= 0.6 is 0 Å². The van der Waals surface area contributed by atoms with Crippen molar-refractivity contribution in [2.24, 2.45) is 0 Å². The summed E-state index contributed by atoms with van der Waals surface area (Å²) in [7, 11) is 3.17. The van der Waals surface area contributed by atoms with Gasteiger partial charge in [0.25, 0.3) is 5.91 Å². The zero-order valence-electron chi connectivity index (χ0n) is 19.1. The molecule has 31 heavy (non-hydrogen) atoms. The summed E-state index contributed by atoms with van der Waals surface area (Å²) in [4.78, 5) is 29.3. The normalized spacial score (nSPS) is 14.4. The van der Waals surface area contributed by atoms with Crippen LogP contribution in [-0.4, -0.2) is 62.0 Å². The van der Waals surface area contributed by atoms with Crippen LogP contribution in [0.25, 0.3) is 0 Å². The molecule has 166 valence electrons. The average molecular weight is 425 g/mol. The molecule has 3 rings (SSSR count). The van der Waals surface area contributed by atoms with Crippen LogP contribution in [0.15, 0.2) is 42.5 Å². The second kappa shape index (κ2) is 9.41. The van der Waals surface area contributed by atoms with E-state index in [0.717, 1.165) is 5.56 Å². The number of benzene rings is 2. The summed E-state index contributed by atoms with van der Waals surface area (Å²) < 4.78 is 10.6. The zero-order valence-corrected chi connectivity index (χ0v) is 19.1. The Morgan fingerprint density at radius 1 is 0.839 bits per heavy atom. The number of carbonyl (C=O) groups is 2. The number of methoxy groups -OCH3 is 2. The first kappa shape index (κ1) is 22.7. The molecule has 0 spiro atoms. The molecule has 1 saturated heterocycles. The minimum Gasteiger partial charge on any atom is -0.493 e. The molecule has 6 heteroatoms. The van der Waals surface area contributed by atoms with Gasteiger partial charge in [0.2, 0.25) is 5.91 Å². The molecule has 0 atom stereocenters. The maximum atomic E-state index is 12.9. The second-order valence-corrected chi connectivity index (χ2v) is 8.87. The first-order valence-corrected chi connectivity index (χ1v) is 10.6. The highest BCUT2D eigenvalue weighted by Crippen LogP contribution is 2.28. The SMILES string of the molecule is COc1ccc(CC(=O)N2CCN(C(=O)c3ccc(C(C)(C)C)cc3)CC2)cc1OC. The van der Waals surface area contributed by atoms with Gasteiger partial charge in [-0.1, -0.05) is 39.0 Å². The van der Waals surface area contributed by atoms with Crippen molar-refractivity contribution in [2.75, 3.05) is 40.4 Å². The van der Waals surface area contributed by atoms with Gasteiger partial charge in [-0.3, -0.25) is 9.59 Å². The molecule has 0 aliphatic carbocycles. The fraction of sp³-hybridized carbons (Fsp3) is 0.440. The van der Waals surface area contributed by atoms with Gasteiger partial charge in [-0.2, -0.15) is 0 Å². The molecule has 0 N–H and O–H groups in total. The van der Waals surface area contributed by atoms with Gasteiger partial charge in [0, 0.05) is 31.7 Å². The Labute approximate surface area is 184 Å². The highest BCUT2D eigenvalue weighted by atomic mass is 16.5. The minimum absolute atomic E-state index is 0.0208. The maximum Gasteiger partial charge on any atom is 0.253 e. The Balaban J connectivity index is 1.56. The Kier molecular flexibility index (Phi) is 6.88. The molecule has 1 aliphatic rings. The lowest BCUT2D eigenvalue weighted by Crippen LogP contribution is -2.51. The number of rotatable bonds is 5. The van der Waals surface area contributed by atoms with Crippen LogP contribution in [0.5, 0.6) is 11.5 Å². The molecule has 0 aromatic heterocycles. The molecular weight excluding hydrogens is 392 g/mol. The number of hydrogen-bond acceptors (Lipinski definition) is 4. The Bertz CT molecular complexity index is 924. The van der Waals surface area contributed by atoms with Crippen molar-refractivity contribution in [3.05, 3.63) is 59.2 Å². The molecule has 0 saturated carbocycles. The number of piperazine rings is 1. The second-order valence-electron chi connectivity index (χ2n) is 8.87. The Morgan fingerprint density at radius 3 is 1.97 bits per heavy atom. The van der Waals surface area contributed by atoms with Crippen molar-refractivity contribution in [1.82, 2.24) is 9.80 Å². The van der Waals surface area contributed by atoms with E-state index >= 15 is 0 Å². The Hall–Kier alpha value is -3.02. The molecule has 0 unspecified atom stereocenters. The van der Waals surface area contributed by atoms with Gasteiger partial charge in [-0.15, -0.1) is 0 Å². The van der Waals surface area contributed by atoms with E-state index in [0.29, 0.717) is 49.7 Å². The van der Waals surface area contributed by atoms with Crippen LogP contribution in [0.3, 0.4) is 0 Å². The molecule has 1 aliphatic heterocycles. The van der Waals surface area contributed by atoms with Crippen LogP contribution in [0, 0.1) is 0 Å². The van der Waals surface area contributed by atoms with E-state index in [9.17, 15) is 9.59 Å². The van der Waals surface area contributed by atoms with E-state index in [2.05, 4.69) is 20.8 Å². The van der Waals surface area contributed by atoms with E-state index in [4.69, 9.17) is 9.47 Å². The smallest absolute Gasteiger partial charge is 0.253 e. The molecule has 2 aromatic rings. The third kappa shape index (κ3) is 5.37. The highest BCUT2D eigenvalue weighted by molar-refractivity contribution is 5.94. The van der Waals surface area contributed by atoms with Gasteiger partial charge in [0.05, 0.1) is 20.6 Å². The van der Waals surface area contributed by atoms with Crippen molar-refractivity contribution in [2.45, 2.75) is 32.6 Å². The molecule has 1 heterocycles. The summed E-state index contributed by atoms with van der Waals surface area (Å²) in [5.74, 6) is 1.32. The van der Waals surface area contributed by atoms with Crippen molar-refractivity contribution in [1.29, 1.82) is 0 Å². The van der Waals surface area contributed by atoms with Gasteiger partial charge < -0.3 is 19.3 Å². The summed E-state index contributed by atoms with van der Waals surface area (Å²) in [6.07, 6.45) is 0.294. The van der Waals surface area contributed by atoms with Gasteiger partial charge in [0.1, 0.15) is 0 Å². The third-order valence-corrected chi connectivity index (χ3v) is 5.72. The van der Waals surface area contributed by atoms with E-state index in [1.807, 2.05) is 52.3 Å². The third-order valence-electron chi connectivity index (χ3n) is 5.72. The lowest BCUT2D eigenvalue weighted by atomic mass is 9.86. The number of hydrogen-bond donors (Lipinski definition) is 0. The monoisotopic (exact) mass is 424 g/mol. The van der Waals surface area contributed by atoms with Gasteiger partial charge in [0.15, 0.2) is 11.5 Å². The summed E-state index contributed by atoms with van der Waals surface area (Å²) in [6.45, 7) is 8.62. The predicted molar refractivity (Wildman–Crippen MR) is 121 cm³/mol.